The van der Waals surface area contributed by atoms with Crippen LogP contribution in [0.1, 0.15) is 11.1 Å². The first-order valence-electron chi connectivity index (χ1n) is 7.35. The summed E-state index contributed by atoms with van der Waals surface area (Å²) in [7, 11) is 0. The molecule has 10 heteroatoms. The van der Waals surface area contributed by atoms with Crippen LogP contribution in [0, 0.1) is 0 Å². The van der Waals surface area contributed by atoms with Gasteiger partial charge in [0, 0.05) is 0 Å². The number of hydrogen-bond donors (Lipinski definition) is 2. The fraction of sp³-hybridized carbons (Fsp3) is 0.294. The van der Waals surface area contributed by atoms with Crippen molar-refractivity contribution >= 4 is 23.2 Å². The molecule has 2 nitrogen and oxygen atoms in total. The van der Waals surface area contributed by atoms with E-state index in [9.17, 15) is 27.8 Å². The largest absolute Gasteiger partial charge is 0.508 e. The van der Waals surface area contributed by atoms with Crippen molar-refractivity contribution in [3.63, 3.8) is 0 Å². The van der Waals surface area contributed by atoms with Crippen LogP contribution in [0.2, 0.25) is 0 Å². The molecule has 1 fully saturated rings. The molecule has 0 aromatic heterocycles. The lowest BCUT2D eigenvalue weighted by Gasteiger charge is -2.41. The summed E-state index contributed by atoms with van der Waals surface area (Å²) in [6.07, 6.45) is 0. The first-order chi connectivity index (χ1) is 12.2. The van der Waals surface area contributed by atoms with E-state index in [0.29, 0.717) is 0 Å². The van der Waals surface area contributed by atoms with Crippen molar-refractivity contribution in [3.05, 3.63) is 59.7 Å². The second-order valence-corrected chi connectivity index (χ2v) is 7.47. The van der Waals surface area contributed by atoms with Crippen LogP contribution in [-0.4, -0.2) is 32.3 Å². The van der Waals surface area contributed by atoms with Crippen LogP contribution in [0.15, 0.2) is 48.5 Å². The molecule has 0 spiro atoms. The summed E-state index contributed by atoms with van der Waals surface area (Å²) in [5.74, 6) is -17.7. The molecule has 1 aliphatic carbocycles. The highest BCUT2D eigenvalue weighted by molar-refractivity contribution is 6.51. The van der Waals surface area contributed by atoms with Gasteiger partial charge in [0.2, 0.25) is 4.33 Å². The Morgan fingerprint density at radius 3 is 1.15 bits per heavy atom. The summed E-state index contributed by atoms with van der Waals surface area (Å²) in [4.78, 5) is 0. The summed E-state index contributed by atoms with van der Waals surface area (Å²) >= 11 is 11.3. The van der Waals surface area contributed by atoms with Crippen molar-refractivity contribution in [1.29, 1.82) is 0 Å². The third kappa shape index (κ3) is 2.11. The summed E-state index contributed by atoms with van der Waals surface area (Å²) in [5, 5.41) is 18.7. The number of benzene rings is 2. The van der Waals surface area contributed by atoms with Gasteiger partial charge in [-0.3, -0.25) is 0 Å². The van der Waals surface area contributed by atoms with Crippen molar-refractivity contribution in [1.82, 2.24) is 0 Å². The minimum atomic E-state index is -5.90. The van der Waals surface area contributed by atoms with Crippen molar-refractivity contribution in [2.75, 3.05) is 0 Å². The Balaban J connectivity index is 2.50. The highest BCUT2D eigenvalue weighted by Crippen LogP contribution is 2.75. The molecule has 0 saturated heterocycles. The second-order valence-electron chi connectivity index (χ2n) is 6.14. The third-order valence-electron chi connectivity index (χ3n) is 4.73. The molecule has 0 bridgehead atoms. The zero-order valence-electron chi connectivity index (χ0n) is 13.0. The van der Waals surface area contributed by atoms with Gasteiger partial charge in [-0.25, -0.2) is 0 Å². The molecule has 2 aromatic rings. The quantitative estimate of drug-likeness (QED) is 0.489. The number of aromatic hydroxyl groups is 2. The van der Waals surface area contributed by atoms with Crippen LogP contribution in [-0.2, 0) is 5.41 Å². The number of halogens is 8. The highest BCUT2D eigenvalue weighted by Gasteiger charge is 2.96. The average Bonchev–Trinajstić information content (AvgIpc) is 2.63. The fourth-order valence-corrected chi connectivity index (χ4v) is 4.29. The maximum absolute atomic E-state index is 15.1. The lowest BCUT2D eigenvalue weighted by atomic mass is 9.70. The Morgan fingerprint density at radius 1 is 0.556 bits per heavy atom. The summed E-state index contributed by atoms with van der Waals surface area (Å²) in [6, 6.07) is 6.44. The first kappa shape index (κ1) is 19.9. The van der Waals surface area contributed by atoms with Crippen LogP contribution in [0.3, 0.4) is 0 Å². The van der Waals surface area contributed by atoms with E-state index in [1.807, 2.05) is 0 Å². The molecule has 0 heterocycles. The molecule has 1 saturated carbocycles. The number of alkyl halides is 8. The molecule has 0 amide bonds. The van der Waals surface area contributed by atoms with Crippen molar-refractivity contribution in [2.45, 2.75) is 27.5 Å². The Bertz CT molecular complexity index is 792. The zero-order chi connectivity index (χ0) is 20.5. The Kier molecular flexibility index (Phi) is 4.14. The predicted molar refractivity (Wildman–Crippen MR) is 86.3 cm³/mol. The Morgan fingerprint density at radius 2 is 0.889 bits per heavy atom. The van der Waals surface area contributed by atoms with Gasteiger partial charge in [-0.15, -0.1) is 0 Å². The van der Waals surface area contributed by atoms with Gasteiger partial charge >= 0.3 is 17.8 Å². The van der Waals surface area contributed by atoms with Gasteiger partial charge in [-0.2, -0.15) is 26.3 Å². The normalized spacial score (nSPS) is 23.9. The number of rotatable bonds is 2. The standard InChI is InChI=1S/C17H10Cl2F6O2/c18-14(19)13(9-1-5-11(26)6-2-9,10-3-7-12(27)8-4-10)15(20,21)17(24,25)16(14,22)23/h1-8,26-27H. The van der Waals surface area contributed by atoms with Gasteiger partial charge in [0.05, 0.1) is 0 Å². The Hall–Kier alpha value is -1.80. The van der Waals surface area contributed by atoms with Crippen LogP contribution in [0.5, 0.6) is 11.5 Å². The lowest BCUT2D eigenvalue weighted by Crippen LogP contribution is -2.55. The molecular formula is C17H10Cl2F6O2. The molecule has 0 atom stereocenters. The van der Waals surface area contributed by atoms with E-state index in [0.717, 1.165) is 48.5 Å². The van der Waals surface area contributed by atoms with Gasteiger partial charge in [-0.05, 0) is 35.4 Å². The second kappa shape index (κ2) is 5.61. The van der Waals surface area contributed by atoms with E-state index in [4.69, 9.17) is 23.2 Å². The topological polar surface area (TPSA) is 40.5 Å². The molecule has 146 valence electrons. The van der Waals surface area contributed by atoms with Crippen LogP contribution < -0.4 is 0 Å². The van der Waals surface area contributed by atoms with Gasteiger partial charge in [0.1, 0.15) is 16.9 Å². The molecular weight excluding hydrogens is 421 g/mol. The molecule has 0 radical (unpaired) electrons. The first-order valence-corrected chi connectivity index (χ1v) is 8.11. The van der Waals surface area contributed by atoms with Gasteiger partial charge in [0.15, 0.2) is 0 Å². The summed E-state index contributed by atoms with van der Waals surface area (Å²) < 4.78 is 83.5. The van der Waals surface area contributed by atoms with Crippen molar-refractivity contribution in [3.8, 4) is 11.5 Å². The van der Waals surface area contributed by atoms with E-state index in [2.05, 4.69) is 0 Å². The average molecular weight is 431 g/mol. The van der Waals surface area contributed by atoms with E-state index < -0.39 is 50.1 Å². The number of hydrogen-bond acceptors (Lipinski definition) is 2. The number of phenolic OH excluding ortho intramolecular Hbond substituents is 2. The molecule has 3 rings (SSSR count). The van der Waals surface area contributed by atoms with Crippen LogP contribution in [0.25, 0.3) is 0 Å². The summed E-state index contributed by atoms with van der Waals surface area (Å²) in [5.41, 5.74) is -5.13. The van der Waals surface area contributed by atoms with Crippen molar-refractivity contribution < 1.29 is 36.6 Å². The van der Waals surface area contributed by atoms with Gasteiger partial charge < -0.3 is 10.2 Å². The molecule has 2 N–H and O–H groups in total. The van der Waals surface area contributed by atoms with Gasteiger partial charge in [0.25, 0.3) is 0 Å². The minimum absolute atomic E-state index is 0.422. The summed E-state index contributed by atoms with van der Waals surface area (Å²) in [6.45, 7) is 0. The highest BCUT2D eigenvalue weighted by atomic mass is 35.5. The maximum atomic E-state index is 15.1. The fourth-order valence-electron chi connectivity index (χ4n) is 3.38. The third-order valence-corrected chi connectivity index (χ3v) is 5.77. The molecule has 0 aliphatic heterocycles. The minimum Gasteiger partial charge on any atom is -0.508 e. The van der Waals surface area contributed by atoms with E-state index in [-0.39, 0.29) is 0 Å². The lowest BCUT2D eigenvalue weighted by molar-refractivity contribution is -0.278. The zero-order valence-corrected chi connectivity index (χ0v) is 14.5. The maximum Gasteiger partial charge on any atom is 0.376 e. The van der Waals surface area contributed by atoms with Gasteiger partial charge in [-0.1, -0.05) is 47.5 Å². The van der Waals surface area contributed by atoms with Crippen LogP contribution >= 0.6 is 23.2 Å². The van der Waals surface area contributed by atoms with E-state index in [1.165, 1.54) is 0 Å². The van der Waals surface area contributed by atoms with E-state index >= 15 is 8.78 Å². The molecule has 2 aromatic carbocycles. The Labute approximate surface area is 158 Å². The monoisotopic (exact) mass is 430 g/mol. The molecule has 1 aliphatic rings. The van der Waals surface area contributed by atoms with E-state index in [1.54, 1.807) is 0 Å². The molecule has 0 unspecified atom stereocenters. The SMILES string of the molecule is Oc1ccc(C2(c3ccc(O)cc3)C(F)(F)C(F)(F)C(F)(F)C2(Cl)Cl)cc1. The smallest absolute Gasteiger partial charge is 0.376 e. The number of phenols is 2. The predicted octanol–water partition coefficient (Wildman–Crippen LogP) is 5.48. The van der Waals surface area contributed by atoms with Crippen LogP contribution in [0.4, 0.5) is 26.3 Å². The van der Waals surface area contributed by atoms with Crippen molar-refractivity contribution in [2.24, 2.45) is 0 Å². The molecule has 27 heavy (non-hydrogen) atoms.